The van der Waals surface area contributed by atoms with Crippen molar-refractivity contribution in [2.24, 2.45) is 5.92 Å². The summed E-state index contributed by atoms with van der Waals surface area (Å²) in [5, 5.41) is 3.96. The van der Waals surface area contributed by atoms with Crippen molar-refractivity contribution in [1.82, 2.24) is 10.3 Å². The molecule has 124 valence electrons. The van der Waals surface area contributed by atoms with Gasteiger partial charge in [0.25, 0.3) is 5.91 Å². The van der Waals surface area contributed by atoms with Crippen LogP contribution in [0.2, 0.25) is 0 Å². The SMILES string of the molecule is CC(C)C(C)NC(=O)c1ccc(-c2c[nH]c3cc(F)ccc23)cc1. The van der Waals surface area contributed by atoms with Crippen LogP contribution in [0.1, 0.15) is 31.1 Å². The molecule has 1 atom stereocenters. The molecule has 0 spiro atoms. The zero-order chi connectivity index (χ0) is 17.3. The van der Waals surface area contributed by atoms with E-state index in [-0.39, 0.29) is 17.8 Å². The number of nitrogens with one attached hydrogen (secondary N) is 2. The Hall–Kier alpha value is -2.62. The minimum atomic E-state index is -0.262. The van der Waals surface area contributed by atoms with E-state index >= 15 is 0 Å². The number of rotatable bonds is 4. The zero-order valence-electron chi connectivity index (χ0n) is 14.1. The van der Waals surface area contributed by atoms with E-state index < -0.39 is 0 Å². The molecule has 3 aromatic rings. The molecule has 1 aromatic heterocycles. The lowest BCUT2D eigenvalue weighted by Crippen LogP contribution is -2.36. The number of hydrogen-bond acceptors (Lipinski definition) is 1. The molecule has 0 aliphatic carbocycles. The van der Waals surface area contributed by atoms with Crippen LogP contribution in [0, 0.1) is 11.7 Å². The quantitative estimate of drug-likeness (QED) is 0.715. The molecule has 4 heteroatoms. The van der Waals surface area contributed by atoms with Gasteiger partial charge in [0.05, 0.1) is 0 Å². The van der Waals surface area contributed by atoms with Crippen LogP contribution in [0.15, 0.2) is 48.7 Å². The first kappa shape index (κ1) is 16.2. The molecule has 1 heterocycles. The lowest BCUT2D eigenvalue weighted by atomic mass is 10.0. The van der Waals surface area contributed by atoms with Gasteiger partial charge in [0.2, 0.25) is 0 Å². The standard InChI is InChI=1S/C20H21FN2O/c1-12(2)13(3)23-20(24)15-6-4-14(5-7-15)18-11-22-19-10-16(21)8-9-17(18)19/h4-13,22H,1-3H3,(H,23,24). The Balaban J connectivity index is 1.85. The van der Waals surface area contributed by atoms with E-state index in [2.05, 4.69) is 24.1 Å². The predicted octanol–water partition coefficient (Wildman–Crippen LogP) is 4.75. The van der Waals surface area contributed by atoms with Crippen LogP contribution in [0.4, 0.5) is 4.39 Å². The maximum atomic E-state index is 13.3. The number of halogens is 1. The van der Waals surface area contributed by atoms with Crippen molar-refractivity contribution < 1.29 is 9.18 Å². The van der Waals surface area contributed by atoms with Gasteiger partial charge < -0.3 is 10.3 Å². The highest BCUT2D eigenvalue weighted by atomic mass is 19.1. The molecule has 0 saturated carbocycles. The zero-order valence-corrected chi connectivity index (χ0v) is 14.1. The summed E-state index contributed by atoms with van der Waals surface area (Å²) in [4.78, 5) is 15.3. The molecule has 0 radical (unpaired) electrons. The second-order valence-electron chi connectivity index (χ2n) is 6.48. The Labute approximate surface area is 140 Å². The molecule has 2 aromatic carbocycles. The monoisotopic (exact) mass is 324 g/mol. The van der Waals surface area contributed by atoms with Gasteiger partial charge in [0.15, 0.2) is 0 Å². The average Bonchev–Trinajstić information content (AvgIpc) is 2.97. The van der Waals surface area contributed by atoms with Crippen LogP contribution in [-0.2, 0) is 0 Å². The molecular formula is C20H21FN2O. The van der Waals surface area contributed by atoms with Gasteiger partial charge in [-0.1, -0.05) is 26.0 Å². The Morgan fingerprint density at radius 2 is 1.79 bits per heavy atom. The number of hydrogen-bond donors (Lipinski definition) is 2. The Morgan fingerprint density at radius 3 is 2.46 bits per heavy atom. The second-order valence-corrected chi connectivity index (χ2v) is 6.48. The van der Waals surface area contributed by atoms with Crippen LogP contribution in [0.25, 0.3) is 22.0 Å². The van der Waals surface area contributed by atoms with Crippen LogP contribution in [0.3, 0.4) is 0 Å². The Bertz CT molecular complexity index is 865. The van der Waals surface area contributed by atoms with E-state index in [1.807, 2.05) is 37.4 Å². The number of amides is 1. The number of H-pyrrole nitrogens is 1. The molecule has 1 unspecified atom stereocenters. The molecule has 3 rings (SSSR count). The van der Waals surface area contributed by atoms with Crippen molar-refractivity contribution in [3.63, 3.8) is 0 Å². The molecule has 0 fully saturated rings. The molecule has 0 bridgehead atoms. The topological polar surface area (TPSA) is 44.9 Å². The Kier molecular flexibility index (Phi) is 4.38. The number of aromatic amines is 1. The van der Waals surface area contributed by atoms with E-state index in [9.17, 15) is 9.18 Å². The van der Waals surface area contributed by atoms with Crippen molar-refractivity contribution in [3.05, 3.63) is 60.0 Å². The molecule has 24 heavy (non-hydrogen) atoms. The van der Waals surface area contributed by atoms with Crippen molar-refractivity contribution in [3.8, 4) is 11.1 Å². The third kappa shape index (κ3) is 3.18. The van der Waals surface area contributed by atoms with E-state index in [0.29, 0.717) is 11.5 Å². The molecule has 3 nitrogen and oxygen atoms in total. The van der Waals surface area contributed by atoms with Gasteiger partial charge in [-0.05, 0) is 48.7 Å². The Morgan fingerprint density at radius 1 is 1.08 bits per heavy atom. The maximum absolute atomic E-state index is 13.3. The van der Waals surface area contributed by atoms with Crippen LogP contribution in [0.5, 0.6) is 0 Å². The van der Waals surface area contributed by atoms with E-state index in [4.69, 9.17) is 0 Å². The fourth-order valence-electron chi connectivity index (χ4n) is 2.60. The van der Waals surface area contributed by atoms with Gasteiger partial charge >= 0.3 is 0 Å². The van der Waals surface area contributed by atoms with E-state index in [0.717, 1.165) is 22.0 Å². The minimum Gasteiger partial charge on any atom is -0.360 e. The summed E-state index contributed by atoms with van der Waals surface area (Å²) >= 11 is 0. The first-order valence-electron chi connectivity index (χ1n) is 8.13. The maximum Gasteiger partial charge on any atom is 0.251 e. The second kappa shape index (κ2) is 6.48. The van der Waals surface area contributed by atoms with Crippen LogP contribution < -0.4 is 5.32 Å². The fourth-order valence-corrected chi connectivity index (χ4v) is 2.60. The molecule has 0 saturated heterocycles. The van der Waals surface area contributed by atoms with Crippen molar-refractivity contribution >= 4 is 16.8 Å². The summed E-state index contributed by atoms with van der Waals surface area (Å²) < 4.78 is 13.3. The van der Waals surface area contributed by atoms with E-state index in [1.165, 1.54) is 12.1 Å². The highest BCUT2D eigenvalue weighted by Gasteiger charge is 2.13. The smallest absolute Gasteiger partial charge is 0.251 e. The highest BCUT2D eigenvalue weighted by molar-refractivity contribution is 5.97. The van der Waals surface area contributed by atoms with Crippen LogP contribution in [-0.4, -0.2) is 16.9 Å². The summed E-state index contributed by atoms with van der Waals surface area (Å²) in [6.45, 7) is 6.16. The number of benzene rings is 2. The van der Waals surface area contributed by atoms with E-state index in [1.54, 1.807) is 6.07 Å². The summed E-state index contributed by atoms with van der Waals surface area (Å²) in [6.07, 6.45) is 1.86. The van der Waals surface area contributed by atoms with Crippen molar-refractivity contribution in [1.29, 1.82) is 0 Å². The fraction of sp³-hybridized carbons (Fsp3) is 0.250. The third-order valence-corrected chi connectivity index (χ3v) is 4.46. The minimum absolute atomic E-state index is 0.0660. The normalized spacial score (nSPS) is 12.5. The van der Waals surface area contributed by atoms with Gasteiger partial charge in [0, 0.05) is 34.3 Å². The largest absolute Gasteiger partial charge is 0.360 e. The first-order chi connectivity index (χ1) is 11.5. The molecule has 2 N–H and O–H groups in total. The van der Waals surface area contributed by atoms with Gasteiger partial charge in [-0.2, -0.15) is 0 Å². The number of aromatic nitrogens is 1. The highest BCUT2D eigenvalue weighted by Crippen LogP contribution is 2.29. The molecule has 0 aliphatic heterocycles. The van der Waals surface area contributed by atoms with Gasteiger partial charge in [-0.3, -0.25) is 4.79 Å². The third-order valence-electron chi connectivity index (χ3n) is 4.46. The number of carbonyl (C=O) groups excluding carboxylic acids is 1. The molecule has 0 aliphatic rings. The summed E-state index contributed by atoms with van der Waals surface area (Å²) in [7, 11) is 0. The van der Waals surface area contributed by atoms with Crippen molar-refractivity contribution in [2.45, 2.75) is 26.8 Å². The number of carbonyl (C=O) groups is 1. The average molecular weight is 324 g/mol. The van der Waals surface area contributed by atoms with Gasteiger partial charge in [0.1, 0.15) is 5.82 Å². The van der Waals surface area contributed by atoms with Gasteiger partial charge in [-0.25, -0.2) is 4.39 Å². The lowest BCUT2D eigenvalue weighted by molar-refractivity contribution is 0.0930. The lowest BCUT2D eigenvalue weighted by Gasteiger charge is -2.17. The molecular weight excluding hydrogens is 303 g/mol. The van der Waals surface area contributed by atoms with Gasteiger partial charge in [-0.15, -0.1) is 0 Å². The summed E-state index contributed by atoms with van der Waals surface area (Å²) in [5.41, 5.74) is 3.38. The van der Waals surface area contributed by atoms with Crippen LogP contribution >= 0.6 is 0 Å². The first-order valence-corrected chi connectivity index (χ1v) is 8.13. The number of fused-ring (bicyclic) bond motifs is 1. The summed E-state index contributed by atoms with van der Waals surface area (Å²) in [5.74, 6) is 0.0609. The summed E-state index contributed by atoms with van der Waals surface area (Å²) in [6, 6.07) is 12.3. The predicted molar refractivity (Wildman–Crippen MR) is 95.5 cm³/mol. The van der Waals surface area contributed by atoms with Crippen molar-refractivity contribution in [2.75, 3.05) is 0 Å². The molecule has 1 amide bonds.